The van der Waals surface area contributed by atoms with Gasteiger partial charge in [0.25, 0.3) is 17.5 Å². The quantitative estimate of drug-likeness (QED) is 0.0861. The van der Waals surface area contributed by atoms with Crippen molar-refractivity contribution in [3.05, 3.63) is 118 Å². The average Bonchev–Trinajstić information content (AvgIpc) is 3.40. The Balaban J connectivity index is 1.55. The van der Waals surface area contributed by atoms with Gasteiger partial charge in [-0.05, 0) is 55.8 Å². The molecule has 0 fully saturated rings. The summed E-state index contributed by atoms with van der Waals surface area (Å²) in [6.07, 6.45) is 1.79. The number of rotatable bonds is 11. The third-order valence-electron chi connectivity index (χ3n) is 5.87. The van der Waals surface area contributed by atoms with E-state index in [9.17, 15) is 24.5 Å². The molecule has 0 saturated carbocycles. The molecule has 4 aromatic rings. The summed E-state index contributed by atoms with van der Waals surface area (Å²) in [4.78, 5) is 50.8. The largest absolute Gasteiger partial charge is 0.360 e. The molecule has 0 spiro atoms. The van der Waals surface area contributed by atoms with Gasteiger partial charge in [-0.3, -0.25) is 24.5 Å². The van der Waals surface area contributed by atoms with Crippen LogP contribution in [0.3, 0.4) is 0 Å². The van der Waals surface area contributed by atoms with Crippen LogP contribution in [0.4, 0.5) is 17.2 Å². The Hall–Kier alpha value is -5.23. The van der Waals surface area contributed by atoms with Crippen LogP contribution < -0.4 is 16.0 Å². The molecule has 4 rings (SSSR count). The Morgan fingerprint density at radius 3 is 2.43 bits per heavy atom. The normalized spacial score (nSPS) is 11.8. The van der Waals surface area contributed by atoms with Crippen molar-refractivity contribution in [1.82, 2.24) is 10.5 Å². The summed E-state index contributed by atoms with van der Waals surface area (Å²) < 4.78 is 5.00. The average molecular weight is 586 g/mol. The van der Waals surface area contributed by atoms with Crippen LogP contribution in [0.15, 0.2) is 100 Å². The van der Waals surface area contributed by atoms with Crippen LogP contribution in [0.2, 0.25) is 0 Å². The summed E-state index contributed by atoms with van der Waals surface area (Å²) in [5.41, 5.74) is 0.436. The molecule has 0 bridgehead atoms. The standard InChI is InChI=1S/C30H27N5O6S/c1-3-26(30(38)33-27-16-19(2)41-34-27)42-23-14-9-13-22(18-23)31-29(37)24(32-28(36)20-10-5-4-6-11-20)17-21-12-7-8-15-25(21)35(39)40/h4-18,26H,3H2,1-2H3,(H,31,37)(H,32,36)(H,33,34,38)/b24-17+. The van der Waals surface area contributed by atoms with Gasteiger partial charge in [-0.2, -0.15) is 0 Å². The van der Waals surface area contributed by atoms with Gasteiger partial charge in [-0.1, -0.05) is 48.5 Å². The van der Waals surface area contributed by atoms with E-state index in [4.69, 9.17) is 4.52 Å². The van der Waals surface area contributed by atoms with Crippen molar-refractivity contribution >= 4 is 52.8 Å². The maximum atomic E-state index is 13.4. The van der Waals surface area contributed by atoms with Crippen LogP contribution in [0.5, 0.6) is 0 Å². The minimum absolute atomic E-state index is 0.143. The third kappa shape index (κ3) is 7.92. The number of thioether (sulfide) groups is 1. The Kier molecular flexibility index (Phi) is 9.85. The van der Waals surface area contributed by atoms with E-state index >= 15 is 0 Å². The second kappa shape index (κ2) is 13.9. The number of nitro benzene ring substituents is 1. The highest BCUT2D eigenvalue weighted by atomic mass is 32.2. The SMILES string of the molecule is CCC(Sc1cccc(NC(=O)/C(=C\c2ccccc2[N+](=O)[O-])NC(=O)c2ccccc2)c1)C(=O)Nc1cc(C)on1. The Morgan fingerprint density at radius 1 is 1.00 bits per heavy atom. The van der Waals surface area contributed by atoms with Gasteiger partial charge in [0.15, 0.2) is 5.82 Å². The van der Waals surface area contributed by atoms with Crippen molar-refractivity contribution in [3.63, 3.8) is 0 Å². The lowest BCUT2D eigenvalue weighted by Gasteiger charge is -2.15. The zero-order valence-corrected chi connectivity index (χ0v) is 23.5. The van der Waals surface area contributed by atoms with Crippen molar-refractivity contribution < 1.29 is 23.8 Å². The minimum atomic E-state index is -0.689. The summed E-state index contributed by atoms with van der Waals surface area (Å²) in [5.74, 6) is -0.592. The highest BCUT2D eigenvalue weighted by molar-refractivity contribution is 8.00. The Bertz CT molecular complexity index is 1640. The van der Waals surface area contributed by atoms with Crippen LogP contribution in [0, 0.1) is 17.0 Å². The van der Waals surface area contributed by atoms with Crippen molar-refractivity contribution in [2.45, 2.75) is 30.4 Å². The lowest BCUT2D eigenvalue weighted by Crippen LogP contribution is -2.30. The van der Waals surface area contributed by atoms with E-state index in [2.05, 4.69) is 21.1 Å². The molecule has 12 heteroatoms. The molecule has 1 atom stereocenters. The van der Waals surface area contributed by atoms with Crippen LogP contribution in [-0.4, -0.2) is 33.1 Å². The minimum Gasteiger partial charge on any atom is -0.360 e. The van der Waals surface area contributed by atoms with E-state index in [1.165, 1.54) is 36.0 Å². The van der Waals surface area contributed by atoms with E-state index in [0.29, 0.717) is 34.1 Å². The molecule has 0 aliphatic carbocycles. The second-order valence-electron chi connectivity index (χ2n) is 9.00. The van der Waals surface area contributed by atoms with Gasteiger partial charge in [0, 0.05) is 28.3 Å². The van der Waals surface area contributed by atoms with Gasteiger partial charge in [-0.25, -0.2) is 0 Å². The summed E-state index contributed by atoms with van der Waals surface area (Å²) in [6, 6.07) is 22.7. The number of para-hydroxylation sites is 1. The molecular weight excluding hydrogens is 558 g/mol. The van der Waals surface area contributed by atoms with Crippen molar-refractivity contribution in [3.8, 4) is 0 Å². The van der Waals surface area contributed by atoms with Gasteiger partial charge >= 0.3 is 0 Å². The molecule has 0 aliphatic rings. The zero-order chi connectivity index (χ0) is 30.1. The van der Waals surface area contributed by atoms with Crippen LogP contribution in [-0.2, 0) is 9.59 Å². The van der Waals surface area contributed by atoms with E-state index < -0.39 is 22.0 Å². The van der Waals surface area contributed by atoms with Gasteiger partial charge in [-0.15, -0.1) is 11.8 Å². The summed E-state index contributed by atoms with van der Waals surface area (Å²) in [6.45, 7) is 3.61. The number of hydrogen-bond donors (Lipinski definition) is 3. The molecule has 1 aromatic heterocycles. The van der Waals surface area contributed by atoms with Gasteiger partial charge < -0.3 is 20.5 Å². The highest BCUT2D eigenvalue weighted by Crippen LogP contribution is 2.29. The number of hydrogen-bond acceptors (Lipinski definition) is 8. The van der Waals surface area contributed by atoms with Crippen molar-refractivity contribution in [2.75, 3.05) is 10.6 Å². The highest BCUT2D eigenvalue weighted by Gasteiger charge is 2.21. The monoisotopic (exact) mass is 585 g/mol. The fraction of sp³-hybridized carbons (Fsp3) is 0.133. The molecule has 42 heavy (non-hydrogen) atoms. The first-order valence-corrected chi connectivity index (χ1v) is 13.7. The number of nitrogens with zero attached hydrogens (tertiary/aromatic N) is 2. The molecule has 214 valence electrons. The first kappa shape index (κ1) is 29.7. The lowest BCUT2D eigenvalue weighted by molar-refractivity contribution is -0.385. The van der Waals surface area contributed by atoms with Crippen LogP contribution in [0.25, 0.3) is 6.08 Å². The number of carbonyl (C=O) groups excluding carboxylic acids is 3. The molecule has 1 heterocycles. The Labute approximate surface area is 245 Å². The summed E-state index contributed by atoms with van der Waals surface area (Å²) in [7, 11) is 0. The third-order valence-corrected chi connectivity index (χ3v) is 7.23. The Morgan fingerprint density at radius 2 is 1.74 bits per heavy atom. The fourth-order valence-electron chi connectivity index (χ4n) is 3.84. The number of benzene rings is 3. The van der Waals surface area contributed by atoms with Gasteiger partial charge in [0.2, 0.25) is 5.91 Å². The van der Waals surface area contributed by atoms with Gasteiger partial charge in [0.1, 0.15) is 11.5 Å². The number of aryl methyl sites for hydroxylation is 1. The van der Waals surface area contributed by atoms with Gasteiger partial charge in [0.05, 0.1) is 15.7 Å². The maximum absolute atomic E-state index is 13.4. The van der Waals surface area contributed by atoms with E-state index in [1.54, 1.807) is 73.7 Å². The zero-order valence-electron chi connectivity index (χ0n) is 22.7. The first-order chi connectivity index (χ1) is 20.2. The molecule has 0 saturated heterocycles. The fourth-order valence-corrected chi connectivity index (χ4v) is 4.85. The number of carbonyl (C=O) groups is 3. The summed E-state index contributed by atoms with van der Waals surface area (Å²) in [5, 5.41) is 23.0. The first-order valence-electron chi connectivity index (χ1n) is 12.9. The molecule has 3 amide bonds. The van der Waals surface area contributed by atoms with E-state index in [-0.39, 0.29) is 22.9 Å². The lowest BCUT2D eigenvalue weighted by atomic mass is 10.1. The molecule has 1 unspecified atom stereocenters. The van der Waals surface area contributed by atoms with Crippen LogP contribution >= 0.6 is 11.8 Å². The maximum Gasteiger partial charge on any atom is 0.276 e. The molecule has 0 radical (unpaired) electrons. The predicted octanol–water partition coefficient (Wildman–Crippen LogP) is 5.81. The van der Waals surface area contributed by atoms with E-state index in [1.807, 2.05) is 6.92 Å². The molecule has 3 aromatic carbocycles. The molecule has 0 aliphatic heterocycles. The number of amides is 3. The summed E-state index contributed by atoms with van der Waals surface area (Å²) >= 11 is 1.31. The smallest absolute Gasteiger partial charge is 0.276 e. The topological polar surface area (TPSA) is 156 Å². The van der Waals surface area contributed by atoms with Crippen LogP contribution in [0.1, 0.15) is 35.0 Å². The number of aromatic nitrogens is 1. The van der Waals surface area contributed by atoms with E-state index in [0.717, 1.165) is 0 Å². The second-order valence-corrected chi connectivity index (χ2v) is 10.3. The van der Waals surface area contributed by atoms with Crippen molar-refractivity contribution in [2.24, 2.45) is 0 Å². The number of anilines is 2. The predicted molar refractivity (Wildman–Crippen MR) is 160 cm³/mol. The number of nitro groups is 1. The van der Waals surface area contributed by atoms with Crippen molar-refractivity contribution in [1.29, 1.82) is 0 Å². The molecule has 11 nitrogen and oxygen atoms in total. The number of nitrogens with one attached hydrogen (secondary N) is 3. The molecule has 3 N–H and O–H groups in total. The molecular formula is C30H27N5O6S.